The normalized spacial score (nSPS) is 28.0. The van der Waals surface area contributed by atoms with Crippen molar-refractivity contribution in [3.05, 3.63) is 70.8 Å². The van der Waals surface area contributed by atoms with E-state index in [1.807, 2.05) is 48.5 Å². The molecule has 2 fully saturated rings. The first kappa shape index (κ1) is 20.5. The summed E-state index contributed by atoms with van der Waals surface area (Å²) in [5, 5.41) is 19.2. The number of ether oxygens (including phenoxy) is 2. The minimum absolute atomic E-state index is 0.00996. The summed E-state index contributed by atoms with van der Waals surface area (Å²) in [5.41, 5.74) is 9.74. The summed E-state index contributed by atoms with van der Waals surface area (Å²) >= 11 is 0. The number of nitrogens with two attached hydrogens (primary N) is 1. The van der Waals surface area contributed by atoms with E-state index in [9.17, 15) is 10.2 Å². The molecule has 2 aliphatic rings. The Balaban J connectivity index is 1.53. The highest BCUT2D eigenvalue weighted by molar-refractivity contribution is 5.26. The zero-order valence-electron chi connectivity index (χ0n) is 16.6. The van der Waals surface area contributed by atoms with E-state index in [-0.39, 0.29) is 24.9 Å². The van der Waals surface area contributed by atoms with Crippen molar-refractivity contribution in [2.75, 3.05) is 19.6 Å². The van der Waals surface area contributed by atoms with Crippen molar-refractivity contribution in [1.82, 2.24) is 4.90 Å². The second-order valence-electron chi connectivity index (χ2n) is 8.00. The molecule has 2 saturated heterocycles. The lowest BCUT2D eigenvalue weighted by Crippen LogP contribution is -2.38. The van der Waals surface area contributed by atoms with E-state index in [2.05, 4.69) is 4.90 Å². The fraction of sp³-hybridized carbons (Fsp3) is 0.478. The van der Waals surface area contributed by atoms with Crippen LogP contribution in [0.1, 0.15) is 47.5 Å². The Bertz CT molecular complexity index is 725. The Morgan fingerprint density at radius 2 is 1.66 bits per heavy atom. The predicted molar refractivity (Wildman–Crippen MR) is 110 cm³/mol. The summed E-state index contributed by atoms with van der Waals surface area (Å²) in [5.74, 6) is 0. The fourth-order valence-electron chi connectivity index (χ4n) is 4.11. The molecule has 156 valence electrons. The zero-order chi connectivity index (χ0) is 20.2. The van der Waals surface area contributed by atoms with Gasteiger partial charge in [0.15, 0.2) is 6.29 Å². The third-order valence-electron chi connectivity index (χ3n) is 5.81. The first-order valence-corrected chi connectivity index (χ1v) is 10.3. The molecule has 4 unspecified atom stereocenters. The van der Waals surface area contributed by atoms with Crippen molar-refractivity contribution in [2.24, 2.45) is 5.73 Å². The number of nitrogens with zero attached hydrogens (tertiary/aromatic N) is 1. The van der Waals surface area contributed by atoms with Crippen LogP contribution in [0.5, 0.6) is 0 Å². The molecule has 4 rings (SSSR count). The predicted octanol–water partition coefficient (Wildman–Crippen LogP) is 2.25. The molecule has 0 bridgehead atoms. The second kappa shape index (κ2) is 9.34. The third-order valence-corrected chi connectivity index (χ3v) is 5.81. The lowest BCUT2D eigenvalue weighted by Gasteiger charge is -2.37. The van der Waals surface area contributed by atoms with Gasteiger partial charge >= 0.3 is 0 Å². The SMILES string of the molecule is NCc1ccc(C2OC(CN3CCC(O)C3)CC(c3ccc(CO)cc3)O2)cc1. The molecule has 0 spiro atoms. The lowest BCUT2D eigenvalue weighted by molar-refractivity contribution is -0.252. The van der Waals surface area contributed by atoms with Gasteiger partial charge in [-0.25, -0.2) is 0 Å². The van der Waals surface area contributed by atoms with Gasteiger partial charge in [-0.05, 0) is 23.1 Å². The molecule has 0 radical (unpaired) electrons. The standard InChI is InChI=1S/C23H30N2O4/c24-12-16-1-7-19(8-2-16)23-28-21(14-25-10-9-20(27)13-25)11-22(29-23)18-5-3-17(15-26)4-6-18/h1-8,20-23,26-27H,9-15,24H2. The van der Waals surface area contributed by atoms with Gasteiger partial charge in [0.1, 0.15) is 0 Å². The van der Waals surface area contributed by atoms with Crippen LogP contribution in [-0.4, -0.2) is 47.0 Å². The van der Waals surface area contributed by atoms with Crippen LogP contribution in [0.2, 0.25) is 0 Å². The summed E-state index contributed by atoms with van der Waals surface area (Å²) in [4.78, 5) is 2.27. The molecule has 4 N–H and O–H groups in total. The number of aliphatic hydroxyl groups is 2. The largest absolute Gasteiger partial charge is 0.392 e. The number of aliphatic hydroxyl groups excluding tert-OH is 2. The molecule has 6 heteroatoms. The summed E-state index contributed by atoms with van der Waals surface area (Å²) in [6, 6.07) is 16.0. The van der Waals surface area contributed by atoms with Crippen LogP contribution in [0, 0.1) is 0 Å². The maximum Gasteiger partial charge on any atom is 0.184 e. The smallest absolute Gasteiger partial charge is 0.184 e. The lowest BCUT2D eigenvalue weighted by atomic mass is 9.99. The third kappa shape index (κ3) is 5.04. The number of hydrogen-bond donors (Lipinski definition) is 3. The molecule has 0 amide bonds. The summed E-state index contributed by atoms with van der Waals surface area (Å²) in [7, 11) is 0. The van der Waals surface area contributed by atoms with Crippen molar-refractivity contribution in [3.63, 3.8) is 0 Å². The quantitative estimate of drug-likeness (QED) is 0.692. The molecule has 6 nitrogen and oxygen atoms in total. The van der Waals surface area contributed by atoms with Crippen molar-refractivity contribution in [1.29, 1.82) is 0 Å². The van der Waals surface area contributed by atoms with Crippen molar-refractivity contribution < 1.29 is 19.7 Å². The molecule has 2 heterocycles. The molecule has 2 aromatic carbocycles. The summed E-state index contributed by atoms with van der Waals surface area (Å²) < 4.78 is 12.7. The van der Waals surface area contributed by atoms with Crippen molar-refractivity contribution >= 4 is 0 Å². The molecule has 0 saturated carbocycles. The molecule has 29 heavy (non-hydrogen) atoms. The van der Waals surface area contributed by atoms with E-state index in [4.69, 9.17) is 15.2 Å². The van der Waals surface area contributed by atoms with Crippen LogP contribution in [-0.2, 0) is 22.6 Å². The summed E-state index contributed by atoms with van der Waals surface area (Å²) in [6.07, 6.45) is 0.803. The summed E-state index contributed by atoms with van der Waals surface area (Å²) in [6.45, 7) is 2.92. The highest BCUT2D eigenvalue weighted by Crippen LogP contribution is 2.38. The molecule has 4 atom stereocenters. The van der Waals surface area contributed by atoms with Crippen LogP contribution in [0.15, 0.2) is 48.5 Å². The molecule has 2 aliphatic heterocycles. The first-order chi connectivity index (χ1) is 14.1. The van der Waals surface area contributed by atoms with Crippen LogP contribution >= 0.6 is 0 Å². The minimum Gasteiger partial charge on any atom is -0.392 e. The van der Waals surface area contributed by atoms with E-state index in [1.54, 1.807) is 0 Å². The topological polar surface area (TPSA) is 88.2 Å². The van der Waals surface area contributed by atoms with E-state index >= 15 is 0 Å². The average molecular weight is 399 g/mol. The van der Waals surface area contributed by atoms with Crippen LogP contribution < -0.4 is 5.73 Å². The van der Waals surface area contributed by atoms with Gasteiger partial charge in [0.2, 0.25) is 0 Å². The molecular formula is C23H30N2O4. The molecular weight excluding hydrogens is 368 g/mol. The number of rotatable bonds is 6. The van der Waals surface area contributed by atoms with Gasteiger partial charge in [0, 0.05) is 38.2 Å². The van der Waals surface area contributed by atoms with Crippen molar-refractivity contribution in [2.45, 2.75) is 50.6 Å². The Morgan fingerprint density at radius 1 is 0.966 bits per heavy atom. The average Bonchev–Trinajstić information content (AvgIpc) is 3.18. The van der Waals surface area contributed by atoms with Crippen LogP contribution in [0.25, 0.3) is 0 Å². The van der Waals surface area contributed by atoms with E-state index < -0.39 is 6.29 Å². The van der Waals surface area contributed by atoms with E-state index in [0.717, 1.165) is 48.2 Å². The Labute approximate surface area is 171 Å². The van der Waals surface area contributed by atoms with Gasteiger partial charge in [0.25, 0.3) is 0 Å². The number of likely N-dealkylation sites (tertiary alicyclic amines) is 1. The van der Waals surface area contributed by atoms with Gasteiger partial charge in [-0.15, -0.1) is 0 Å². The van der Waals surface area contributed by atoms with Gasteiger partial charge in [-0.1, -0.05) is 48.5 Å². The van der Waals surface area contributed by atoms with Crippen LogP contribution in [0.4, 0.5) is 0 Å². The Kier molecular flexibility index (Phi) is 6.60. The zero-order valence-corrected chi connectivity index (χ0v) is 16.6. The number of hydrogen-bond acceptors (Lipinski definition) is 6. The minimum atomic E-state index is -0.449. The van der Waals surface area contributed by atoms with Gasteiger partial charge in [0.05, 0.1) is 24.9 Å². The highest BCUT2D eigenvalue weighted by Gasteiger charge is 2.34. The number of benzene rings is 2. The van der Waals surface area contributed by atoms with Gasteiger partial charge in [-0.3, -0.25) is 4.90 Å². The maximum atomic E-state index is 9.85. The molecule has 2 aromatic rings. The van der Waals surface area contributed by atoms with E-state index in [0.29, 0.717) is 13.1 Å². The molecule has 0 aromatic heterocycles. The first-order valence-electron chi connectivity index (χ1n) is 10.3. The van der Waals surface area contributed by atoms with E-state index in [1.165, 1.54) is 0 Å². The number of β-amino-alcohol motifs (C(OH)–C–C–N with tert-alkyl or cyclic N) is 1. The Hall–Kier alpha value is -1.80. The van der Waals surface area contributed by atoms with Gasteiger partial charge in [-0.2, -0.15) is 0 Å². The highest BCUT2D eigenvalue weighted by atomic mass is 16.7. The monoisotopic (exact) mass is 398 g/mol. The fourth-order valence-corrected chi connectivity index (χ4v) is 4.11. The molecule has 0 aliphatic carbocycles. The van der Waals surface area contributed by atoms with Crippen molar-refractivity contribution in [3.8, 4) is 0 Å². The van der Waals surface area contributed by atoms with Crippen LogP contribution in [0.3, 0.4) is 0 Å². The Morgan fingerprint density at radius 3 is 2.28 bits per heavy atom. The maximum absolute atomic E-state index is 9.85. The second-order valence-corrected chi connectivity index (χ2v) is 8.00. The van der Waals surface area contributed by atoms with Gasteiger partial charge < -0.3 is 25.4 Å².